The van der Waals surface area contributed by atoms with Gasteiger partial charge in [-0.05, 0) is 6.92 Å². The van der Waals surface area contributed by atoms with Gasteiger partial charge in [0.1, 0.15) is 5.82 Å². The first-order chi connectivity index (χ1) is 8.76. The maximum Gasteiger partial charge on any atom is 0.165 e. The molecule has 3 N–H and O–H groups in total. The molecule has 96 valence electrons. The van der Waals surface area contributed by atoms with Crippen LogP contribution in [0.3, 0.4) is 0 Å². The van der Waals surface area contributed by atoms with Crippen LogP contribution < -0.4 is 11.3 Å². The fourth-order valence-corrected chi connectivity index (χ4v) is 1.57. The van der Waals surface area contributed by atoms with Gasteiger partial charge >= 0.3 is 0 Å². The maximum atomic E-state index is 5.39. The van der Waals surface area contributed by atoms with Gasteiger partial charge in [0.25, 0.3) is 0 Å². The Morgan fingerprint density at radius 1 is 1.44 bits per heavy atom. The Morgan fingerprint density at radius 2 is 2.28 bits per heavy atom. The van der Waals surface area contributed by atoms with Gasteiger partial charge in [-0.25, -0.2) is 15.8 Å². The Bertz CT molecular complexity index is 524. The van der Waals surface area contributed by atoms with Crippen LogP contribution in [0.2, 0.25) is 0 Å². The first kappa shape index (κ1) is 12.5. The number of aryl methyl sites for hydroxylation is 1. The van der Waals surface area contributed by atoms with Crippen LogP contribution >= 0.6 is 0 Å². The molecule has 0 unspecified atom stereocenters. The van der Waals surface area contributed by atoms with Gasteiger partial charge in [0, 0.05) is 25.9 Å². The number of hydrogen-bond acceptors (Lipinski definition) is 6. The van der Waals surface area contributed by atoms with Crippen molar-refractivity contribution in [2.24, 2.45) is 5.84 Å². The van der Waals surface area contributed by atoms with Crippen molar-refractivity contribution < 1.29 is 4.74 Å². The fraction of sp³-hybridized carbons (Fsp3) is 0.364. The molecule has 18 heavy (non-hydrogen) atoms. The predicted octanol–water partition coefficient (Wildman–Crippen LogP) is 0.792. The Hall–Kier alpha value is -1.99. The lowest BCUT2D eigenvalue weighted by Gasteiger charge is -2.05. The van der Waals surface area contributed by atoms with E-state index in [1.54, 1.807) is 19.4 Å². The first-order valence-electron chi connectivity index (χ1n) is 5.63. The third-order valence-corrected chi connectivity index (χ3v) is 2.43. The van der Waals surface area contributed by atoms with Gasteiger partial charge in [0.2, 0.25) is 0 Å². The van der Waals surface area contributed by atoms with E-state index in [0.717, 1.165) is 17.8 Å². The lowest BCUT2D eigenvalue weighted by atomic mass is 10.3. The van der Waals surface area contributed by atoms with Gasteiger partial charge in [0.15, 0.2) is 5.82 Å². The van der Waals surface area contributed by atoms with Crippen LogP contribution in [-0.4, -0.2) is 26.9 Å². The Kier molecular flexibility index (Phi) is 3.85. The molecule has 0 bridgehead atoms. The number of nitrogens with two attached hydrogens (primary N) is 1. The highest BCUT2D eigenvalue weighted by molar-refractivity contribution is 5.55. The second-order valence-corrected chi connectivity index (χ2v) is 3.73. The van der Waals surface area contributed by atoms with Crippen LogP contribution in [0, 0.1) is 0 Å². The minimum absolute atomic E-state index is 0.409. The van der Waals surface area contributed by atoms with Crippen LogP contribution in [0.25, 0.3) is 11.4 Å². The maximum absolute atomic E-state index is 5.39. The SMILES string of the molecule is CCn1cc(-c2nc(COC)cc(NN)n2)cn1. The number of ether oxygens (including phenoxy) is 1. The van der Waals surface area contributed by atoms with Gasteiger partial charge < -0.3 is 10.2 Å². The van der Waals surface area contributed by atoms with Gasteiger partial charge in [-0.3, -0.25) is 4.68 Å². The van der Waals surface area contributed by atoms with E-state index in [0.29, 0.717) is 18.2 Å². The van der Waals surface area contributed by atoms with Gasteiger partial charge in [0.05, 0.1) is 24.1 Å². The standard InChI is InChI=1S/C11H16N6O/c1-3-17-6-8(5-13-17)11-14-9(7-18-2)4-10(15-11)16-12/h4-6H,3,7,12H2,1-2H3,(H,14,15,16). The predicted molar refractivity (Wildman–Crippen MR) is 67.5 cm³/mol. The van der Waals surface area contributed by atoms with Crippen LogP contribution in [0.1, 0.15) is 12.6 Å². The van der Waals surface area contributed by atoms with Crippen molar-refractivity contribution >= 4 is 5.82 Å². The first-order valence-corrected chi connectivity index (χ1v) is 5.63. The number of methoxy groups -OCH3 is 1. The van der Waals surface area contributed by atoms with Crippen molar-refractivity contribution in [2.75, 3.05) is 12.5 Å². The molecular formula is C11H16N6O. The van der Waals surface area contributed by atoms with Crippen molar-refractivity contribution in [3.63, 3.8) is 0 Å². The molecule has 7 heteroatoms. The molecule has 0 aliphatic carbocycles. The topological polar surface area (TPSA) is 90.9 Å². The summed E-state index contributed by atoms with van der Waals surface area (Å²) in [5.41, 5.74) is 4.14. The molecule has 0 spiro atoms. The molecule has 0 amide bonds. The molecular weight excluding hydrogens is 232 g/mol. The van der Waals surface area contributed by atoms with Gasteiger partial charge in [-0.15, -0.1) is 0 Å². The largest absolute Gasteiger partial charge is 0.378 e. The lowest BCUT2D eigenvalue weighted by molar-refractivity contribution is 0.181. The smallest absolute Gasteiger partial charge is 0.165 e. The minimum Gasteiger partial charge on any atom is -0.378 e. The second kappa shape index (κ2) is 5.56. The molecule has 0 radical (unpaired) electrons. The van der Waals surface area contributed by atoms with E-state index < -0.39 is 0 Å². The molecule has 0 saturated heterocycles. The monoisotopic (exact) mass is 248 g/mol. The zero-order valence-electron chi connectivity index (χ0n) is 10.4. The summed E-state index contributed by atoms with van der Waals surface area (Å²) in [4.78, 5) is 8.70. The second-order valence-electron chi connectivity index (χ2n) is 3.73. The quantitative estimate of drug-likeness (QED) is 0.600. The highest BCUT2D eigenvalue weighted by Crippen LogP contribution is 2.17. The fourth-order valence-electron chi connectivity index (χ4n) is 1.57. The summed E-state index contributed by atoms with van der Waals surface area (Å²) in [6.45, 7) is 3.23. The van der Waals surface area contributed by atoms with Gasteiger partial charge in [-0.2, -0.15) is 5.10 Å². The number of nitrogens with one attached hydrogen (secondary N) is 1. The molecule has 0 saturated carbocycles. The number of rotatable bonds is 5. The molecule has 2 aromatic rings. The molecule has 0 aliphatic heterocycles. The molecule has 0 aromatic carbocycles. The highest BCUT2D eigenvalue weighted by Gasteiger charge is 2.08. The van der Waals surface area contributed by atoms with Crippen molar-refractivity contribution in [2.45, 2.75) is 20.1 Å². The van der Waals surface area contributed by atoms with E-state index in [9.17, 15) is 0 Å². The van der Waals surface area contributed by atoms with E-state index in [1.165, 1.54) is 0 Å². The Balaban J connectivity index is 2.39. The summed E-state index contributed by atoms with van der Waals surface area (Å²) in [5, 5.41) is 4.20. The number of hydrazine groups is 1. The molecule has 0 fully saturated rings. The van der Waals surface area contributed by atoms with Crippen molar-refractivity contribution in [3.8, 4) is 11.4 Å². The van der Waals surface area contributed by atoms with E-state index in [4.69, 9.17) is 10.6 Å². The zero-order chi connectivity index (χ0) is 13.0. The van der Waals surface area contributed by atoms with E-state index in [1.807, 2.05) is 17.8 Å². The van der Waals surface area contributed by atoms with Crippen LogP contribution in [0.5, 0.6) is 0 Å². The van der Waals surface area contributed by atoms with E-state index in [2.05, 4.69) is 20.5 Å². The van der Waals surface area contributed by atoms with E-state index in [-0.39, 0.29) is 0 Å². The normalized spacial score (nSPS) is 10.6. The van der Waals surface area contributed by atoms with Crippen molar-refractivity contribution in [1.82, 2.24) is 19.7 Å². The Labute approximate surface area is 105 Å². The minimum atomic E-state index is 0.409. The van der Waals surface area contributed by atoms with Crippen molar-refractivity contribution in [1.29, 1.82) is 0 Å². The molecule has 0 aliphatic rings. The number of anilines is 1. The molecule has 0 atom stereocenters. The molecule has 2 heterocycles. The lowest BCUT2D eigenvalue weighted by Crippen LogP contribution is -2.10. The third kappa shape index (κ3) is 2.63. The van der Waals surface area contributed by atoms with Crippen LogP contribution in [-0.2, 0) is 17.9 Å². The average molecular weight is 248 g/mol. The number of nitrogens with zero attached hydrogens (tertiary/aromatic N) is 4. The molecule has 2 rings (SSSR count). The molecule has 2 aromatic heterocycles. The average Bonchev–Trinajstić information content (AvgIpc) is 2.87. The van der Waals surface area contributed by atoms with E-state index >= 15 is 0 Å². The highest BCUT2D eigenvalue weighted by atomic mass is 16.5. The summed E-state index contributed by atoms with van der Waals surface area (Å²) in [6.07, 6.45) is 3.63. The number of nitrogen functional groups attached to an aromatic ring is 1. The summed E-state index contributed by atoms with van der Waals surface area (Å²) in [7, 11) is 1.62. The van der Waals surface area contributed by atoms with Crippen molar-refractivity contribution in [3.05, 3.63) is 24.2 Å². The Morgan fingerprint density at radius 3 is 2.89 bits per heavy atom. The number of hydrogen-bond donors (Lipinski definition) is 2. The van der Waals surface area contributed by atoms with Crippen LogP contribution in [0.4, 0.5) is 5.82 Å². The summed E-state index contributed by atoms with van der Waals surface area (Å²) >= 11 is 0. The third-order valence-electron chi connectivity index (χ3n) is 2.43. The molecule has 7 nitrogen and oxygen atoms in total. The van der Waals surface area contributed by atoms with Crippen LogP contribution in [0.15, 0.2) is 18.5 Å². The summed E-state index contributed by atoms with van der Waals surface area (Å²) in [6, 6.07) is 1.75. The summed E-state index contributed by atoms with van der Waals surface area (Å²) in [5.74, 6) is 6.52. The zero-order valence-corrected chi connectivity index (χ0v) is 10.4. The van der Waals surface area contributed by atoms with Gasteiger partial charge in [-0.1, -0.05) is 0 Å². The number of aromatic nitrogens is 4. The summed E-state index contributed by atoms with van der Waals surface area (Å²) < 4.78 is 6.88.